The summed E-state index contributed by atoms with van der Waals surface area (Å²) >= 11 is 0. The van der Waals surface area contributed by atoms with Gasteiger partial charge in [0.2, 0.25) is 5.91 Å². The van der Waals surface area contributed by atoms with Crippen molar-refractivity contribution in [1.82, 2.24) is 14.9 Å². The van der Waals surface area contributed by atoms with Crippen molar-refractivity contribution < 1.29 is 9.18 Å². The van der Waals surface area contributed by atoms with Crippen LogP contribution in [0.2, 0.25) is 0 Å². The van der Waals surface area contributed by atoms with E-state index in [1.54, 1.807) is 48.3 Å². The molecule has 0 saturated carbocycles. The summed E-state index contributed by atoms with van der Waals surface area (Å²) < 4.78 is 15.6. The van der Waals surface area contributed by atoms with E-state index < -0.39 is 17.8 Å². The van der Waals surface area contributed by atoms with Crippen molar-refractivity contribution in [3.05, 3.63) is 53.9 Å². The fourth-order valence-electron chi connectivity index (χ4n) is 1.93. The Morgan fingerprint density at radius 1 is 1.55 bits per heavy atom. The maximum atomic E-state index is 13.9. The van der Waals surface area contributed by atoms with Crippen LogP contribution in [0.25, 0.3) is 0 Å². The van der Waals surface area contributed by atoms with E-state index in [2.05, 4.69) is 10.3 Å². The first-order valence-corrected chi connectivity index (χ1v) is 6.01. The summed E-state index contributed by atoms with van der Waals surface area (Å²) in [5.41, 5.74) is 0.313. The van der Waals surface area contributed by atoms with Crippen LogP contribution in [0, 0.1) is 17.1 Å². The zero-order valence-electron chi connectivity index (χ0n) is 10.9. The summed E-state index contributed by atoms with van der Waals surface area (Å²) in [4.78, 5) is 15.8. The highest BCUT2D eigenvalue weighted by molar-refractivity contribution is 5.78. The van der Waals surface area contributed by atoms with Gasteiger partial charge in [-0.3, -0.25) is 4.79 Å². The maximum Gasteiger partial charge on any atom is 0.235 e. The molecule has 0 bridgehead atoms. The topological polar surface area (TPSA) is 70.7 Å². The lowest BCUT2D eigenvalue weighted by Crippen LogP contribution is -2.31. The number of nitrogens with zero attached hydrogens (tertiary/aromatic N) is 3. The van der Waals surface area contributed by atoms with Gasteiger partial charge in [-0.25, -0.2) is 9.37 Å². The minimum atomic E-state index is -0.725. The van der Waals surface area contributed by atoms with E-state index in [0.717, 1.165) is 0 Å². The van der Waals surface area contributed by atoms with E-state index in [1.807, 2.05) is 0 Å². The van der Waals surface area contributed by atoms with E-state index in [1.165, 1.54) is 6.07 Å². The summed E-state index contributed by atoms with van der Waals surface area (Å²) in [5.74, 6) is -0.400. The normalized spacial score (nSPS) is 11.7. The van der Waals surface area contributed by atoms with E-state index in [9.17, 15) is 9.18 Å². The van der Waals surface area contributed by atoms with Crippen LogP contribution in [0.15, 0.2) is 36.7 Å². The van der Waals surface area contributed by atoms with Crippen molar-refractivity contribution in [2.45, 2.75) is 12.5 Å². The first-order valence-electron chi connectivity index (χ1n) is 6.01. The van der Waals surface area contributed by atoms with Gasteiger partial charge in [0, 0.05) is 25.0 Å². The molecule has 20 heavy (non-hydrogen) atoms. The fourth-order valence-corrected chi connectivity index (χ4v) is 1.93. The third-order valence-corrected chi connectivity index (χ3v) is 2.88. The first kappa shape index (κ1) is 13.7. The summed E-state index contributed by atoms with van der Waals surface area (Å²) in [6.07, 6.45) is 2.99. The van der Waals surface area contributed by atoms with Crippen molar-refractivity contribution >= 4 is 5.91 Å². The van der Waals surface area contributed by atoms with Crippen molar-refractivity contribution in [2.75, 3.05) is 0 Å². The van der Waals surface area contributed by atoms with Crippen LogP contribution in [-0.2, 0) is 11.8 Å². The third kappa shape index (κ3) is 2.83. The summed E-state index contributed by atoms with van der Waals surface area (Å²) in [6.45, 7) is 0. The molecule has 1 N–H and O–H groups in total. The second-order valence-electron chi connectivity index (χ2n) is 4.25. The fraction of sp³-hybridized carbons (Fsp3) is 0.214. The van der Waals surface area contributed by atoms with Gasteiger partial charge in [0.15, 0.2) is 0 Å². The Labute approximate surface area is 115 Å². The Morgan fingerprint density at radius 2 is 2.30 bits per heavy atom. The highest BCUT2D eigenvalue weighted by Gasteiger charge is 2.23. The van der Waals surface area contributed by atoms with Gasteiger partial charge in [0.05, 0.1) is 6.07 Å². The molecule has 5 nitrogen and oxygen atoms in total. The number of carbonyl (C=O) groups is 1. The smallest absolute Gasteiger partial charge is 0.235 e. The maximum absolute atomic E-state index is 13.9. The number of carbonyl (C=O) groups excluding carboxylic acids is 1. The molecule has 1 atom stereocenters. The van der Waals surface area contributed by atoms with Crippen molar-refractivity contribution in [3.63, 3.8) is 0 Å². The van der Waals surface area contributed by atoms with Crippen LogP contribution in [0.1, 0.15) is 23.9 Å². The quantitative estimate of drug-likeness (QED) is 0.920. The summed E-state index contributed by atoms with van der Waals surface area (Å²) in [6, 6.07) is 7.21. The number of halogens is 1. The number of rotatable bonds is 4. The predicted molar refractivity (Wildman–Crippen MR) is 69.8 cm³/mol. The number of imidazole rings is 1. The molecule has 102 valence electrons. The Morgan fingerprint density at radius 3 is 2.90 bits per heavy atom. The molecule has 0 saturated heterocycles. The highest BCUT2D eigenvalue weighted by atomic mass is 19.1. The zero-order valence-corrected chi connectivity index (χ0v) is 10.9. The largest absolute Gasteiger partial charge is 0.341 e. The Kier molecular flexibility index (Phi) is 4.11. The SMILES string of the molecule is Cn1ccnc1C(NC(=O)CC#N)c1ccccc1F. The van der Waals surface area contributed by atoms with Gasteiger partial charge in [0.1, 0.15) is 24.1 Å². The lowest BCUT2D eigenvalue weighted by Gasteiger charge is -2.19. The minimum absolute atomic E-state index is 0.282. The van der Waals surface area contributed by atoms with Gasteiger partial charge < -0.3 is 9.88 Å². The highest BCUT2D eigenvalue weighted by Crippen LogP contribution is 2.23. The first-order chi connectivity index (χ1) is 9.63. The number of aryl methyl sites for hydroxylation is 1. The molecular weight excluding hydrogens is 259 g/mol. The number of aromatic nitrogens is 2. The summed E-state index contributed by atoms with van der Waals surface area (Å²) in [5, 5.41) is 11.2. The number of hydrogen-bond donors (Lipinski definition) is 1. The number of nitrogens with one attached hydrogen (secondary N) is 1. The molecule has 1 heterocycles. The molecule has 2 rings (SSSR count). The second-order valence-corrected chi connectivity index (χ2v) is 4.25. The molecule has 0 spiro atoms. The molecular formula is C14H13FN4O. The molecule has 0 aliphatic carbocycles. The Hall–Kier alpha value is -2.68. The predicted octanol–water partition coefficient (Wildman–Crippen LogP) is 1.68. The van der Waals surface area contributed by atoms with Crippen molar-refractivity contribution in [1.29, 1.82) is 5.26 Å². The van der Waals surface area contributed by atoms with Crippen LogP contribution in [0.4, 0.5) is 4.39 Å². The number of hydrogen-bond acceptors (Lipinski definition) is 3. The molecule has 1 aromatic heterocycles. The van der Waals surface area contributed by atoms with Gasteiger partial charge in [-0.05, 0) is 6.07 Å². The van der Waals surface area contributed by atoms with Crippen LogP contribution in [0.5, 0.6) is 0 Å². The zero-order chi connectivity index (χ0) is 14.5. The van der Waals surface area contributed by atoms with E-state index >= 15 is 0 Å². The number of nitriles is 1. The average Bonchev–Trinajstić information content (AvgIpc) is 2.83. The molecule has 2 aromatic rings. The van der Waals surface area contributed by atoms with E-state index in [4.69, 9.17) is 5.26 Å². The molecule has 0 aliphatic rings. The van der Waals surface area contributed by atoms with Gasteiger partial charge in [-0.15, -0.1) is 0 Å². The van der Waals surface area contributed by atoms with Gasteiger partial charge in [0.25, 0.3) is 0 Å². The molecule has 1 aromatic carbocycles. The monoisotopic (exact) mass is 272 g/mol. The number of benzene rings is 1. The van der Waals surface area contributed by atoms with Crippen LogP contribution >= 0.6 is 0 Å². The van der Waals surface area contributed by atoms with Crippen LogP contribution in [0.3, 0.4) is 0 Å². The summed E-state index contributed by atoms with van der Waals surface area (Å²) in [7, 11) is 1.76. The Balaban J connectivity index is 2.40. The van der Waals surface area contributed by atoms with E-state index in [0.29, 0.717) is 11.4 Å². The molecule has 1 amide bonds. The van der Waals surface area contributed by atoms with Crippen molar-refractivity contribution in [2.24, 2.45) is 7.05 Å². The standard InChI is InChI=1S/C14H13FN4O/c1-19-9-8-17-14(19)13(18-12(20)6-7-16)10-4-2-3-5-11(10)15/h2-5,8-9,13H,6H2,1H3,(H,18,20). The third-order valence-electron chi connectivity index (χ3n) is 2.88. The van der Waals surface area contributed by atoms with E-state index in [-0.39, 0.29) is 6.42 Å². The molecule has 6 heteroatoms. The van der Waals surface area contributed by atoms with Crippen LogP contribution < -0.4 is 5.32 Å². The number of amides is 1. The lowest BCUT2D eigenvalue weighted by molar-refractivity contribution is -0.120. The average molecular weight is 272 g/mol. The van der Waals surface area contributed by atoms with Crippen LogP contribution in [-0.4, -0.2) is 15.5 Å². The minimum Gasteiger partial charge on any atom is -0.341 e. The molecule has 0 aliphatic heterocycles. The molecule has 0 fully saturated rings. The van der Waals surface area contributed by atoms with Gasteiger partial charge >= 0.3 is 0 Å². The Bertz CT molecular complexity index is 659. The van der Waals surface area contributed by atoms with Gasteiger partial charge in [-0.2, -0.15) is 5.26 Å². The molecule has 0 radical (unpaired) electrons. The lowest BCUT2D eigenvalue weighted by atomic mass is 10.1. The molecule has 1 unspecified atom stereocenters. The second kappa shape index (κ2) is 5.97. The van der Waals surface area contributed by atoms with Crippen molar-refractivity contribution in [3.8, 4) is 6.07 Å². The van der Waals surface area contributed by atoms with Gasteiger partial charge in [-0.1, -0.05) is 18.2 Å².